The first-order valence-corrected chi connectivity index (χ1v) is 8.71. The van der Waals surface area contributed by atoms with E-state index in [2.05, 4.69) is 38.1 Å². The molecule has 0 saturated heterocycles. The Hall–Kier alpha value is -1.96. The first-order chi connectivity index (χ1) is 11.1. The van der Waals surface area contributed by atoms with Crippen molar-refractivity contribution in [1.29, 1.82) is 0 Å². The average Bonchev–Trinajstić information content (AvgIpc) is 2.55. The quantitative estimate of drug-likeness (QED) is 0.631. The summed E-state index contributed by atoms with van der Waals surface area (Å²) in [4.78, 5) is 0. The third-order valence-corrected chi connectivity index (χ3v) is 4.57. The molecule has 2 N–H and O–H groups in total. The molecule has 0 saturated carbocycles. The van der Waals surface area contributed by atoms with Gasteiger partial charge in [0.2, 0.25) is 0 Å². The van der Waals surface area contributed by atoms with Gasteiger partial charge < -0.3 is 10.2 Å². The summed E-state index contributed by atoms with van der Waals surface area (Å²) in [5, 5.41) is 19.0. The highest BCUT2D eigenvalue weighted by molar-refractivity contribution is 5.31. The summed E-state index contributed by atoms with van der Waals surface area (Å²) in [5.74, 6) is 1.66. The maximum Gasteiger partial charge on any atom is 0.115 e. The zero-order chi connectivity index (χ0) is 16.7. The van der Waals surface area contributed by atoms with Crippen molar-refractivity contribution < 1.29 is 10.2 Å². The van der Waals surface area contributed by atoms with E-state index in [0.717, 1.165) is 32.1 Å². The topological polar surface area (TPSA) is 40.5 Å². The number of phenolic OH excluding ortho intramolecular Hbond substituents is 2. The van der Waals surface area contributed by atoms with E-state index in [4.69, 9.17) is 0 Å². The molecule has 0 aromatic heterocycles. The van der Waals surface area contributed by atoms with Gasteiger partial charge in [-0.25, -0.2) is 0 Å². The molecule has 2 heteroatoms. The largest absolute Gasteiger partial charge is 0.508 e. The van der Waals surface area contributed by atoms with Crippen molar-refractivity contribution in [2.45, 2.75) is 57.8 Å². The maximum atomic E-state index is 9.51. The second-order valence-corrected chi connectivity index (χ2v) is 6.39. The van der Waals surface area contributed by atoms with Gasteiger partial charge in [0, 0.05) is 0 Å². The molecule has 0 radical (unpaired) electrons. The zero-order valence-electron chi connectivity index (χ0n) is 14.2. The molecule has 23 heavy (non-hydrogen) atoms. The van der Waals surface area contributed by atoms with Gasteiger partial charge in [0.1, 0.15) is 11.5 Å². The van der Waals surface area contributed by atoms with Crippen LogP contribution in [0.5, 0.6) is 11.5 Å². The maximum absolute atomic E-state index is 9.51. The van der Waals surface area contributed by atoms with E-state index in [1.165, 1.54) is 11.1 Å². The van der Waals surface area contributed by atoms with Crippen LogP contribution in [0.15, 0.2) is 48.5 Å². The number of hydrogen-bond acceptors (Lipinski definition) is 2. The first-order valence-electron chi connectivity index (χ1n) is 8.71. The van der Waals surface area contributed by atoms with Crippen LogP contribution in [0.2, 0.25) is 0 Å². The summed E-state index contributed by atoms with van der Waals surface area (Å²) in [6.07, 6.45) is 5.73. The third kappa shape index (κ3) is 5.02. The lowest BCUT2D eigenvalue weighted by Crippen LogP contribution is -2.07. The van der Waals surface area contributed by atoms with Gasteiger partial charge in [-0.05, 0) is 66.5 Å². The highest BCUT2D eigenvalue weighted by Gasteiger charge is 2.19. The third-order valence-electron chi connectivity index (χ3n) is 4.57. The predicted octanol–water partition coefficient (Wildman–Crippen LogP) is 5.96. The predicted molar refractivity (Wildman–Crippen MR) is 96.1 cm³/mol. The van der Waals surface area contributed by atoms with Crippen LogP contribution in [0.3, 0.4) is 0 Å². The van der Waals surface area contributed by atoms with E-state index < -0.39 is 0 Å². The van der Waals surface area contributed by atoms with E-state index >= 15 is 0 Å². The van der Waals surface area contributed by atoms with E-state index in [1.807, 2.05) is 0 Å². The van der Waals surface area contributed by atoms with Crippen LogP contribution in [-0.2, 0) is 0 Å². The Morgan fingerprint density at radius 3 is 1.30 bits per heavy atom. The Morgan fingerprint density at radius 2 is 1.00 bits per heavy atom. The molecule has 2 nitrogen and oxygen atoms in total. The van der Waals surface area contributed by atoms with Gasteiger partial charge in [-0.2, -0.15) is 0 Å². The summed E-state index contributed by atoms with van der Waals surface area (Å²) in [7, 11) is 0. The summed E-state index contributed by atoms with van der Waals surface area (Å²) >= 11 is 0. The lowest BCUT2D eigenvalue weighted by atomic mass is 9.81. The Labute approximate surface area is 139 Å². The zero-order valence-corrected chi connectivity index (χ0v) is 14.2. The molecule has 2 unspecified atom stereocenters. The standard InChI is InChI=1S/C21H28O2/c1-3-5-18(16-7-11-20(22)12-8-16)15-19(6-4-2)17-9-13-21(23)14-10-17/h7-14,18-19,22-23H,3-6,15H2,1-2H3. The molecule has 0 aliphatic rings. The minimum atomic E-state index is 0.327. The van der Waals surface area contributed by atoms with Crippen molar-refractivity contribution in [1.82, 2.24) is 0 Å². The average molecular weight is 312 g/mol. The molecule has 0 spiro atoms. The lowest BCUT2D eigenvalue weighted by Gasteiger charge is -2.24. The molecule has 0 bridgehead atoms. The Balaban J connectivity index is 2.19. The normalized spacial score (nSPS) is 13.7. The number of rotatable bonds is 8. The van der Waals surface area contributed by atoms with Crippen LogP contribution in [0.1, 0.15) is 68.9 Å². The smallest absolute Gasteiger partial charge is 0.115 e. The van der Waals surface area contributed by atoms with Gasteiger partial charge in [-0.1, -0.05) is 51.0 Å². The van der Waals surface area contributed by atoms with Gasteiger partial charge in [-0.15, -0.1) is 0 Å². The molecule has 0 fully saturated rings. The highest BCUT2D eigenvalue weighted by atomic mass is 16.3. The van der Waals surface area contributed by atoms with Crippen molar-refractivity contribution in [2.24, 2.45) is 0 Å². The number of phenols is 2. The number of benzene rings is 2. The van der Waals surface area contributed by atoms with Gasteiger partial charge in [0.15, 0.2) is 0 Å². The van der Waals surface area contributed by atoms with Gasteiger partial charge >= 0.3 is 0 Å². The van der Waals surface area contributed by atoms with Crippen LogP contribution < -0.4 is 0 Å². The highest BCUT2D eigenvalue weighted by Crippen LogP contribution is 2.36. The molecule has 2 aromatic carbocycles. The summed E-state index contributed by atoms with van der Waals surface area (Å²) in [6.45, 7) is 4.45. The summed E-state index contributed by atoms with van der Waals surface area (Å²) < 4.78 is 0. The molecule has 2 aromatic rings. The minimum Gasteiger partial charge on any atom is -0.508 e. The lowest BCUT2D eigenvalue weighted by molar-refractivity contribution is 0.464. The molecule has 0 aliphatic heterocycles. The number of aromatic hydroxyl groups is 2. The van der Waals surface area contributed by atoms with Gasteiger partial charge in [0.05, 0.1) is 0 Å². The van der Waals surface area contributed by atoms with Crippen molar-refractivity contribution in [3.05, 3.63) is 59.7 Å². The van der Waals surface area contributed by atoms with Crippen LogP contribution in [0, 0.1) is 0 Å². The van der Waals surface area contributed by atoms with E-state index in [0.29, 0.717) is 23.3 Å². The molecule has 0 aliphatic carbocycles. The fourth-order valence-electron chi connectivity index (χ4n) is 3.37. The Kier molecular flexibility index (Phi) is 6.52. The van der Waals surface area contributed by atoms with Gasteiger partial charge in [-0.3, -0.25) is 0 Å². The minimum absolute atomic E-state index is 0.327. The Bertz CT molecular complexity index is 518. The fourth-order valence-corrected chi connectivity index (χ4v) is 3.37. The fraction of sp³-hybridized carbons (Fsp3) is 0.429. The van der Waals surface area contributed by atoms with Gasteiger partial charge in [0.25, 0.3) is 0 Å². The molecule has 124 valence electrons. The van der Waals surface area contributed by atoms with Crippen molar-refractivity contribution in [3.8, 4) is 11.5 Å². The Morgan fingerprint density at radius 1 is 0.652 bits per heavy atom. The monoisotopic (exact) mass is 312 g/mol. The first kappa shape index (κ1) is 17.4. The van der Waals surface area contributed by atoms with Crippen LogP contribution in [0.25, 0.3) is 0 Å². The molecule has 2 atom stereocenters. The van der Waals surface area contributed by atoms with Crippen LogP contribution in [0.4, 0.5) is 0 Å². The van der Waals surface area contributed by atoms with Crippen molar-refractivity contribution in [3.63, 3.8) is 0 Å². The second-order valence-electron chi connectivity index (χ2n) is 6.39. The molecular formula is C21H28O2. The van der Waals surface area contributed by atoms with Crippen molar-refractivity contribution in [2.75, 3.05) is 0 Å². The summed E-state index contributed by atoms with van der Waals surface area (Å²) in [5.41, 5.74) is 2.62. The molecule has 0 amide bonds. The molecule has 0 heterocycles. The number of hydrogen-bond donors (Lipinski definition) is 2. The molecule has 2 rings (SSSR count). The van der Waals surface area contributed by atoms with E-state index in [9.17, 15) is 10.2 Å². The van der Waals surface area contributed by atoms with E-state index in [1.54, 1.807) is 24.3 Å². The van der Waals surface area contributed by atoms with Crippen molar-refractivity contribution >= 4 is 0 Å². The second kappa shape index (κ2) is 8.61. The van der Waals surface area contributed by atoms with Crippen LogP contribution >= 0.6 is 0 Å². The summed E-state index contributed by atoms with van der Waals surface area (Å²) in [6, 6.07) is 15.3. The SMILES string of the molecule is CCCC(CC(CCC)c1ccc(O)cc1)c1ccc(O)cc1. The van der Waals surface area contributed by atoms with E-state index in [-0.39, 0.29) is 0 Å². The van der Waals surface area contributed by atoms with Crippen LogP contribution in [-0.4, -0.2) is 10.2 Å². The molecular weight excluding hydrogens is 284 g/mol.